The molecule has 0 aromatic carbocycles. The number of rotatable bonds is 0. The maximum Gasteiger partial charge on any atom is 0.0474 e. The van der Waals surface area contributed by atoms with Crippen LogP contribution < -0.4 is 0 Å². The molecule has 0 spiro atoms. The molecule has 0 unspecified atom stereocenters. The quantitative estimate of drug-likeness (QED) is 0.541. The van der Waals surface area contributed by atoms with Gasteiger partial charge >= 0.3 is 0 Å². The van der Waals surface area contributed by atoms with Crippen molar-refractivity contribution in [2.75, 3.05) is 34.2 Å². The van der Waals surface area contributed by atoms with Crippen LogP contribution in [0.2, 0.25) is 0 Å². The molecule has 2 atom stereocenters. The number of hydrazine groups is 1. The number of fused-ring (bicyclic) bond motifs is 1. The van der Waals surface area contributed by atoms with E-state index in [0.29, 0.717) is 11.5 Å². The highest BCUT2D eigenvalue weighted by atomic mass is 15.7. The van der Waals surface area contributed by atoms with Crippen molar-refractivity contribution in [2.45, 2.75) is 25.9 Å². The topological polar surface area (TPSA) is 9.72 Å². The predicted octanol–water partition coefficient (Wildman–Crippen LogP) is 0.487. The van der Waals surface area contributed by atoms with Gasteiger partial charge in [0.2, 0.25) is 0 Å². The molecule has 0 N–H and O–H groups in total. The molecule has 0 aromatic rings. The monoisotopic (exact) mass is 183 g/mol. The van der Waals surface area contributed by atoms with Gasteiger partial charge in [0, 0.05) is 39.3 Å². The van der Waals surface area contributed by atoms with Gasteiger partial charge in [0.25, 0.3) is 0 Å². The van der Waals surface area contributed by atoms with Gasteiger partial charge in [0.1, 0.15) is 0 Å². The molecule has 0 amide bonds. The summed E-state index contributed by atoms with van der Waals surface area (Å²) in [6, 6.07) is 1.42. The van der Waals surface area contributed by atoms with Crippen LogP contribution in [0.5, 0.6) is 0 Å². The minimum Gasteiger partial charge on any atom is -0.300 e. The zero-order valence-electron chi connectivity index (χ0n) is 9.41. The molecule has 76 valence electrons. The Balaban J connectivity index is 2.26. The van der Waals surface area contributed by atoms with Crippen LogP contribution in [-0.4, -0.2) is 61.2 Å². The summed E-state index contributed by atoms with van der Waals surface area (Å²) < 4.78 is 0. The molecule has 2 aliphatic heterocycles. The zero-order valence-corrected chi connectivity index (χ0v) is 9.41. The molecule has 0 saturated carbocycles. The van der Waals surface area contributed by atoms with Crippen LogP contribution in [0.1, 0.15) is 13.8 Å². The molecule has 0 radical (unpaired) electrons. The summed E-state index contributed by atoms with van der Waals surface area (Å²) >= 11 is 0. The highest BCUT2D eigenvalue weighted by molar-refractivity contribution is 5.05. The number of likely N-dealkylation sites (tertiary alicyclic amines) is 1. The van der Waals surface area contributed by atoms with Crippen LogP contribution in [0.15, 0.2) is 0 Å². The van der Waals surface area contributed by atoms with Gasteiger partial charge in [-0.15, -0.1) is 0 Å². The molecule has 2 rings (SSSR count). The summed E-state index contributed by atoms with van der Waals surface area (Å²) in [4.78, 5) is 2.50. The van der Waals surface area contributed by atoms with E-state index in [1.807, 2.05) is 0 Å². The van der Waals surface area contributed by atoms with E-state index in [0.717, 1.165) is 6.04 Å². The second kappa shape index (κ2) is 2.69. The molecule has 3 heteroatoms. The third-order valence-corrected chi connectivity index (χ3v) is 3.78. The summed E-state index contributed by atoms with van der Waals surface area (Å²) in [5, 5.41) is 4.75. The van der Waals surface area contributed by atoms with E-state index in [2.05, 4.69) is 49.9 Å². The fourth-order valence-electron chi connectivity index (χ4n) is 3.22. The van der Waals surface area contributed by atoms with Gasteiger partial charge in [0.15, 0.2) is 0 Å². The average Bonchev–Trinajstić information content (AvgIpc) is 2.37. The van der Waals surface area contributed by atoms with Crippen molar-refractivity contribution in [3.63, 3.8) is 0 Å². The fourth-order valence-corrected chi connectivity index (χ4v) is 3.22. The third kappa shape index (κ3) is 1.22. The van der Waals surface area contributed by atoms with Gasteiger partial charge in [-0.1, -0.05) is 13.8 Å². The molecule has 2 heterocycles. The van der Waals surface area contributed by atoms with Crippen molar-refractivity contribution in [2.24, 2.45) is 5.41 Å². The molecule has 0 bridgehead atoms. The number of nitrogens with zero attached hydrogens (tertiary/aromatic N) is 3. The summed E-state index contributed by atoms with van der Waals surface area (Å²) in [5.41, 5.74) is 0.429. The Kier molecular flexibility index (Phi) is 1.95. The average molecular weight is 183 g/mol. The first kappa shape index (κ1) is 9.44. The lowest BCUT2D eigenvalue weighted by Gasteiger charge is -2.33. The summed E-state index contributed by atoms with van der Waals surface area (Å²) in [6.45, 7) is 7.16. The van der Waals surface area contributed by atoms with Crippen molar-refractivity contribution in [3.8, 4) is 0 Å². The molecular weight excluding hydrogens is 162 g/mol. The maximum atomic E-state index is 2.50. The van der Waals surface area contributed by atoms with Crippen LogP contribution in [-0.2, 0) is 0 Å². The lowest BCUT2D eigenvalue weighted by atomic mass is 9.85. The van der Waals surface area contributed by atoms with E-state index in [4.69, 9.17) is 0 Å². The predicted molar refractivity (Wildman–Crippen MR) is 54.4 cm³/mol. The zero-order chi connectivity index (χ0) is 9.80. The van der Waals surface area contributed by atoms with E-state index in [9.17, 15) is 0 Å². The van der Waals surface area contributed by atoms with Crippen molar-refractivity contribution >= 4 is 0 Å². The molecule has 2 fully saturated rings. The van der Waals surface area contributed by atoms with Crippen LogP contribution >= 0.6 is 0 Å². The molecule has 2 saturated heterocycles. The maximum absolute atomic E-state index is 2.50. The lowest BCUT2D eigenvalue weighted by molar-refractivity contribution is 0.0143. The van der Waals surface area contributed by atoms with Crippen LogP contribution in [0.3, 0.4) is 0 Å². The van der Waals surface area contributed by atoms with Gasteiger partial charge in [-0.3, -0.25) is 4.90 Å². The van der Waals surface area contributed by atoms with Crippen molar-refractivity contribution in [3.05, 3.63) is 0 Å². The largest absolute Gasteiger partial charge is 0.300 e. The molecule has 13 heavy (non-hydrogen) atoms. The normalized spacial score (nSPS) is 41.3. The second-order valence-electron chi connectivity index (χ2n) is 5.33. The first-order chi connectivity index (χ1) is 5.93. The van der Waals surface area contributed by atoms with Gasteiger partial charge in [-0.25, -0.2) is 10.0 Å². The first-order valence-corrected chi connectivity index (χ1v) is 5.07. The first-order valence-electron chi connectivity index (χ1n) is 5.07. The SMILES string of the molecule is CN1CC(C)(C)[C@@H]2[C@H]1CN(C)N2C. The second-order valence-corrected chi connectivity index (χ2v) is 5.33. The van der Waals surface area contributed by atoms with Crippen LogP contribution in [0.4, 0.5) is 0 Å². The van der Waals surface area contributed by atoms with Crippen LogP contribution in [0, 0.1) is 5.41 Å². The molecular formula is C10H21N3. The van der Waals surface area contributed by atoms with Gasteiger partial charge in [0.05, 0.1) is 0 Å². The summed E-state index contributed by atoms with van der Waals surface area (Å²) in [5.74, 6) is 0. The number of hydrogen-bond donors (Lipinski definition) is 0. The Hall–Kier alpha value is -0.120. The van der Waals surface area contributed by atoms with Crippen molar-refractivity contribution in [1.29, 1.82) is 0 Å². The Morgan fingerprint density at radius 1 is 1.15 bits per heavy atom. The minimum atomic E-state index is 0.429. The molecule has 0 aliphatic carbocycles. The van der Waals surface area contributed by atoms with Gasteiger partial charge in [-0.2, -0.15) is 0 Å². The molecule has 3 nitrogen and oxygen atoms in total. The number of likely N-dealkylation sites (N-methyl/N-ethyl adjacent to an activating group) is 3. The fraction of sp³-hybridized carbons (Fsp3) is 1.00. The van der Waals surface area contributed by atoms with Crippen LogP contribution in [0.25, 0.3) is 0 Å². The van der Waals surface area contributed by atoms with Crippen molar-refractivity contribution in [1.82, 2.24) is 14.9 Å². The van der Waals surface area contributed by atoms with E-state index < -0.39 is 0 Å². The third-order valence-electron chi connectivity index (χ3n) is 3.78. The Morgan fingerprint density at radius 3 is 2.31 bits per heavy atom. The Morgan fingerprint density at radius 2 is 1.77 bits per heavy atom. The van der Waals surface area contributed by atoms with Gasteiger partial charge < -0.3 is 0 Å². The van der Waals surface area contributed by atoms with E-state index >= 15 is 0 Å². The lowest BCUT2D eigenvalue weighted by Crippen LogP contribution is -2.43. The van der Waals surface area contributed by atoms with E-state index in [-0.39, 0.29) is 0 Å². The van der Waals surface area contributed by atoms with Gasteiger partial charge in [-0.05, 0) is 12.5 Å². The van der Waals surface area contributed by atoms with E-state index in [1.165, 1.54) is 13.1 Å². The minimum absolute atomic E-state index is 0.429. The summed E-state index contributed by atoms with van der Waals surface area (Å²) in [6.07, 6.45) is 0. The van der Waals surface area contributed by atoms with Crippen molar-refractivity contribution < 1.29 is 0 Å². The smallest absolute Gasteiger partial charge is 0.0474 e. The highest BCUT2D eigenvalue weighted by Crippen LogP contribution is 2.40. The molecule has 0 aromatic heterocycles. The van der Waals surface area contributed by atoms with E-state index in [1.54, 1.807) is 0 Å². The molecule has 2 aliphatic rings. The number of hydrogen-bond acceptors (Lipinski definition) is 3. The Labute approximate surface area is 81.3 Å². The standard InChI is InChI=1S/C10H21N3/c1-10(2)7-11(3)8-6-12(4)13(5)9(8)10/h8-9H,6-7H2,1-5H3/t8-,9+/m1/s1. The summed E-state index contributed by atoms with van der Waals surface area (Å²) in [7, 11) is 6.65. The Bertz CT molecular complexity index is 214. The highest BCUT2D eigenvalue weighted by Gasteiger charge is 2.52.